The lowest BCUT2D eigenvalue weighted by molar-refractivity contribution is -0.192. The molecule has 20 heavy (non-hydrogen) atoms. The van der Waals surface area contributed by atoms with E-state index >= 15 is 0 Å². The van der Waals surface area contributed by atoms with Gasteiger partial charge in [-0.05, 0) is 62.7 Å². The molecule has 0 aromatic rings. The average molecular weight is 282 g/mol. The van der Waals surface area contributed by atoms with Crippen LogP contribution in [0, 0.1) is 17.8 Å². The molecule has 3 nitrogen and oxygen atoms in total. The zero-order chi connectivity index (χ0) is 14.2. The van der Waals surface area contributed by atoms with Crippen molar-refractivity contribution in [3.8, 4) is 0 Å². The van der Waals surface area contributed by atoms with Gasteiger partial charge < -0.3 is 14.6 Å². The summed E-state index contributed by atoms with van der Waals surface area (Å²) in [6.07, 6.45) is 7.39. The van der Waals surface area contributed by atoms with E-state index in [4.69, 9.17) is 9.47 Å². The lowest BCUT2D eigenvalue weighted by atomic mass is 9.62. The molecule has 1 saturated carbocycles. The maximum atomic E-state index is 11.3. The Bertz CT molecular complexity index is 332. The van der Waals surface area contributed by atoms with Crippen molar-refractivity contribution in [2.75, 3.05) is 19.8 Å². The number of ether oxygens (including phenoxy) is 2. The van der Waals surface area contributed by atoms with Gasteiger partial charge in [0.15, 0.2) is 0 Å². The molecular formula is C17H30O3. The molecule has 2 saturated heterocycles. The minimum Gasteiger partial charge on any atom is -0.389 e. The molecule has 1 spiro atoms. The van der Waals surface area contributed by atoms with Crippen LogP contribution >= 0.6 is 0 Å². The van der Waals surface area contributed by atoms with Gasteiger partial charge in [0.25, 0.3) is 0 Å². The molecule has 3 fully saturated rings. The highest BCUT2D eigenvalue weighted by molar-refractivity contribution is 5.00. The van der Waals surface area contributed by atoms with Gasteiger partial charge >= 0.3 is 0 Å². The van der Waals surface area contributed by atoms with Crippen molar-refractivity contribution in [3.63, 3.8) is 0 Å². The fraction of sp³-hybridized carbons (Fsp3) is 1.00. The fourth-order valence-corrected chi connectivity index (χ4v) is 4.80. The Hall–Kier alpha value is -0.120. The lowest BCUT2D eigenvalue weighted by Gasteiger charge is -2.52. The smallest absolute Gasteiger partial charge is 0.0730 e. The molecule has 0 bridgehead atoms. The molecule has 1 aliphatic carbocycles. The molecule has 4 atom stereocenters. The predicted molar refractivity (Wildman–Crippen MR) is 78.6 cm³/mol. The monoisotopic (exact) mass is 282 g/mol. The molecule has 0 radical (unpaired) electrons. The van der Waals surface area contributed by atoms with Crippen LogP contribution in [0.25, 0.3) is 0 Å². The molecule has 116 valence electrons. The Morgan fingerprint density at radius 1 is 1.00 bits per heavy atom. The normalized spacial score (nSPS) is 45.5. The second-order valence-corrected chi connectivity index (χ2v) is 7.61. The quantitative estimate of drug-likeness (QED) is 0.803. The van der Waals surface area contributed by atoms with Crippen LogP contribution in [0.5, 0.6) is 0 Å². The van der Waals surface area contributed by atoms with Crippen molar-refractivity contribution in [3.05, 3.63) is 0 Å². The van der Waals surface area contributed by atoms with E-state index in [9.17, 15) is 5.11 Å². The van der Waals surface area contributed by atoms with Crippen molar-refractivity contribution in [2.45, 2.75) is 70.0 Å². The zero-order valence-electron chi connectivity index (χ0n) is 13.1. The number of rotatable bonds is 1. The van der Waals surface area contributed by atoms with E-state index in [1.54, 1.807) is 0 Å². The first-order valence-electron chi connectivity index (χ1n) is 8.48. The summed E-state index contributed by atoms with van der Waals surface area (Å²) >= 11 is 0. The SMILES string of the molecule is CC1CCC(O)(C2CCOC3(CCOCC3)C2)C(C)C1. The van der Waals surface area contributed by atoms with E-state index in [0.29, 0.717) is 11.8 Å². The molecule has 3 heteroatoms. The highest BCUT2D eigenvalue weighted by Crippen LogP contribution is 2.48. The second-order valence-electron chi connectivity index (χ2n) is 7.61. The molecule has 2 heterocycles. The largest absolute Gasteiger partial charge is 0.389 e. The Morgan fingerprint density at radius 2 is 1.75 bits per heavy atom. The Morgan fingerprint density at radius 3 is 2.45 bits per heavy atom. The third-order valence-corrected chi connectivity index (χ3v) is 6.25. The van der Waals surface area contributed by atoms with Crippen LogP contribution in [0.3, 0.4) is 0 Å². The lowest BCUT2D eigenvalue weighted by Crippen LogP contribution is -2.54. The van der Waals surface area contributed by atoms with Crippen molar-refractivity contribution in [1.82, 2.24) is 0 Å². The van der Waals surface area contributed by atoms with E-state index in [0.717, 1.165) is 57.8 Å². The zero-order valence-corrected chi connectivity index (χ0v) is 13.1. The highest BCUT2D eigenvalue weighted by atomic mass is 16.5. The van der Waals surface area contributed by atoms with Gasteiger partial charge in [-0.1, -0.05) is 13.8 Å². The summed E-state index contributed by atoms with van der Waals surface area (Å²) in [5.74, 6) is 1.60. The van der Waals surface area contributed by atoms with Crippen LogP contribution in [0.4, 0.5) is 0 Å². The maximum absolute atomic E-state index is 11.3. The fourth-order valence-electron chi connectivity index (χ4n) is 4.80. The van der Waals surface area contributed by atoms with Crippen molar-refractivity contribution in [2.24, 2.45) is 17.8 Å². The van der Waals surface area contributed by atoms with Gasteiger partial charge in [-0.15, -0.1) is 0 Å². The third-order valence-electron chi connectivity index (χ3n) is 6.25. The van der Waals surface area contributed by atoms with Crippen molar-refractivity contribution in [1.29, 1.82) is 0 Å². The molecule has 3 aliphatic rings. The number of aliphatic hydroxyl groups is 1. The van der Waals surface area contributed by atoms with Crippen LogP contribution in [0.1, 0.15) is 58.8 Å². The summed E-state index contributed by atoms with van der Waals surface area (Å²) in [5, 5.41) is 11.3. The molecule has 0 aromatic carbocycles. The maximum Gasteiger partial charge on any atom is 0.0730 e. The first-order chi connectivity index (χ1) is 9.54. The van der Waals surface area contributed by atoms with Crippen molar-refractivity contribution < 1.29 is 14.6 Å². The van der Waals surface area contributed by atoms with Gasteiger partial charge in [-0.25, -0.2) is 0 Å². The van der Waals surface area contributed by atoms with Crippen LogP contribution in [0.2, 0.25) is 0 Å². The molecule has 4 unspecified atom stereocenters. The second kappa shape index (κ2) is 5.58. The van der Waals surface area contributed by atoms with E-state index in [2.05, 4.69) is 13.8 Å². The summed E-state index contributed by atoms with van der Waals surface area (Å²) in [7, 11) is 0. The Balaban J connectivity index is 1.72. The number of hydrogen-bond donors (Lipinski definition) is 1. The Kier molecular flexibility index (Phi) is 4.13. The average Bonchev–Trinajstić information content (AvgIpc) is 2.44. The topological polar surface area (TPSA) is 38.7 Å². The molecule has 2 aliphatic heterocycles. The molecule has 0 aromatic heterocycles. The first-order valence-corrected chi connectivity index (χ1v) is 8.48. The van der Waals surface area contributed by atoms with Crippen LogP contribution in [0.15, 0.2) is 0 Å². The van der Waals surface area contributed by atoms with Gasteiger partial charge in [0.05, 0.1) is 11.2 Å². The van der Waals surface area contributed by atoms with Crippen LogP contribution < -0.4 is 0 Å². The Labute approximate surface area is 123 Å². The molecule has 0 amide bonds. The number of hydrogen-bond acceptors (Lipinski definition) is 3. The van der Waals surface area contributed by atoms with Crippen LogP contribution in [-0.2, 0) is 9.47 Å². The van der Waals surface area contributed by atoms with E-state index in [1.165, 1.54) is 12.8 Å². The minimum atomic E-state index is -0.457. The first kappa shape index (κ1) is 14.8. The minimum absolute atomic E-state index is 0.000318. The predicted octanol–water partition coefficient (Wildman–Crippen LogP) is 3.15. The summed E-state index contributed by atoms with van der Waals surface area (Å²) in [6.45, 7) is 7.02. The van der Waals surface area contributed by atoms with Gasteiger partial charge in [0.1, 0.15) is 0 Å². The summed E-state index contributed by atoms with van der Waals surface area (Å²) in [6, 6.07) is 0. The van der Waals surface area contributed by atoms with E-state index in [-0.39, 0.29) is 5.60 Å². The molecular weight excluding hydrogens is 252 g/mol. The van der Waals surface area contributed by atoms with Gasteiger partial charge in [0, 0.05) is 19.8 Å². The van der Waals surface area contributed by atoms with Gasteiger partial charge in [-0.2, -0.15) is 0 Å². The molecule has 3 rings (SSSR count). The molecule has 1 N–H and O–H groups in total. The van der Waals surface area contributed by atoms with E-state index in [1.807, 2.05) is 0 Å². The van der Waals surface area contributed by atoms with E-state index < -0.39 is 5.60 Å². The van der Waals surface area contributed by atoms with Gasteiger partial charge in [-0.3, -0.25) is 0 Å². The summed E-state index contributed by atoms with van der Waals surface area (Å²) in [4.78, 5) is 0. The summed E-state index contributed by atoms with van der Waals surface area (Å²) < 4.78 is 11.6. The van der Waals surface area contributed by atoms with Crippen LogP contribution in [-0.4, -0.2) is 36.1 Å². The standard InChI is InChI=1S/C17H30O3/c1-13-3-5-17(18,14(2)11-13)15-4-8-20-16(12-15)6-9-19-10-7-16/h13-15,18H,3-12H2,1-2H3. The third kappa shape index (κ3) is 2.65. The van der Waals surface area contributed by atoms with Gasteiger partial charge in [0.2, 0.25) is 0 Å². The summed E-state index contributed by atoms with van der Waals surface area (Å²) in [5.41, 5.74) is -0.457. The van der Waals surface area contributed by atoms with Crippen molar-refractivity contribution >= 4 is 0 Å². The highest BCUT2D eigenvalue weighted by Gasteiger charge is 2.50.